The molecular weight excluding hydrogens is 787 g/mol. The second kappa shape index (κ2) is 15.5. The van der Waals surface area contributed by atoms with E-state index in [4.69, 9.17) is 38.9 Å². The summed E-state index contributed by atoms with van der Waals surface area (Å²) in [4.78, 5) is 20.3. The van der Waals surface area contributed by atoms with Crippen LogP contribution in [-0.2, 0) is 11.3 Å². The number of benzene rings is 6. The van der Waals surface area contributed by atoms with Gasteiger partial charge in [-0.25, -0.2) is 46.3 Å². The molecule has 0 aliphatic carbocycles. The van der Waals surface area contributed by atoms with Gasteiger partial charge in [-0.05, 0) is 60.7 Å². The Kier molecular flexibility index (Phi) is 10.2. The summed E-state index contributed by atoms with van der Waals surface area (Å²) in [6.45, 7) is 0. The fourth-order valence-electron chi connectivity index (χ4n) is 7.30. The molecule has 0 saturated heterocycles. The van der Waals surface area contributed by atoms with Crippen LogP contribution in [0.25, 0.3) is 0 Å². The molecule has 2 aliphatic heterocycles. The maximum absolute atomic E-state index is 16.9. The number of rotatable bonds is 11. The summed E-state index contributed by atoms with van der Waals surface area (Å²) < 4.78 is 117. The molecule has 6 aromatic rings. The Bertz CT molecular complexity index is 2510. The van der Waals surface area contributed by atoms with Crippen LogP contribution in [0.15, 0.2) is 141 Å². The molecule has 0 saturated carbocycles. The highest BCUT2D eigenvalue weighted by Crippen LogP contribution is 2.56. The summed E-state index contributed by atoms with van der Waals surface area (Å²) in [5, 5.41) is 0. The molecule has 8 rings (SSSR count). The molecule has 302 valence electrons. The Hall–Kier alpha value is -7.22. The molecule has 6 aromatic carbocycles. The van der Waals surface area contributed by atoms with Gasteiger partial charge in [0, 0.05) is 45.5 Å². The number of ether oxygens (including phenoxy) is 4. The van der Waals surface area contributed by atoms with Crippen molar-refractivity contribution in [3.8, 4) is 23.0 Å². The van der Waals surface area contributed by atoms with Crippen molar-refractivity contribution in [1.82, 2.24) is 0 Å². The van der Waals surface area contributed by atoms with E-state index in [0.717, 1.165) is 0 Å². The smallest absolute Gasteiger partial charge is 0.229 e. The average Bonchev–Trinajstić information content (AvgIpc) is 3.89. The second-order valence-electron chi connectivity index (χ2n) is 13.6. The van der Waals surface area contributed by atoms with Crippen molar-refractivity contribution in [2.45, 2.75) is 11.3 Å². The van der Waals surface area contributed by atoms with E-state index in [0.29, 0.717) is 57.4 Å². The van der Waals surface area contributed by atoms with Gasteiger partial charge in [-0.2, -0.15) is 0 Å². The molecule has 0 fully saturated rings. The van der Waals surface area contributed by atoms with Crippen LogP contribution in [0.4, 0.5) is 26.3 Å². The van der Waals surface area contributed by atoms with Crippen LogP contribution in [0.2, 0.25) is 0 Å². The summed E-state index contributed by atoms with van der Waals surface area (Å²) in [7, 11) is 5.76. The van der Waals surface area contributed by atoms with Gasteiger partial charge in [-0.3, -0.25) is 0 Å². The molecule has 2 heterocycles. The van der Waals surface area contributed by atoms with Crippen LogP contribution in [0.3, 0.4) is 0 Å². The third kappa shape index (κ3) is 6.63. The van der Waals surface area contributed by atoms with Crippen LogP contribution in [-0.4, -0.2) is 51.3 Å². The molecule has 0 atom stereocenters. The minimum absolute atomic E-state index is 0.0109. The molecule has 0 spiro atoms. The van der Waals surface area contributed by atoms with Gasteiger partial charge in [0.2, 0.25) is 11.3 Å². The molecule has 14 heteroatoms. The monoisotopic (exact) mass is 818 g/mol. The van der Waals surface area contributed by atoms with E-state index in [1.54, 1.807) is 97.1 Å². The molecule has 60 heavy (non-hydrogen) atoms. The summed E-state index contributed by atoms with van der Waals surface area (Å²) in [5.41, 5.74) is -5.77. The van der Waals surface area contributed by atoms with Crippen molar-refractivity contribution >= 4 is 22.8 Å². The summed E-state index contributed by atoms with van der Waals surface area (Å²) in [6, 6.07) is 27.8. The lowest BCUT2D eigenvalue weighted by molar-refractivity contribution is 0.239. The average molecular weight is 819 g/mol. The van der Waals surface area contributed by atoms with Crippen LogP contribution in [0, 0.1) is 34.9 Å². The standard InChI is InChI=1S/C46H32F6N4O4/c1-57-29-13-5-9-25(17-29)41-42(26-10-6-14-30(18-26)58-2)54-45(53-41,33-21-37(49)39(51)23-35(33)47)46(34-22-38(50)40(52)24-36(34)48)55-43(27-11-7-15-31(19-27)59-3)44(56-46)28-12-8-16-32(20-28)60-4/h5-24H,1-4H3. The Labute approximate surface area is 339 Å². The predicted molar refractivity (Wildman–Crippen MR) is 214 cm³/mol. The van der Waals surface area contributed by atoms with E-state index in [1.807, 2.05) is 0 Å². The minimum atomic E-state index is -2.79. The third-order valence-corrected chi connectivity index (χ3v) is 10.2. The molecular formula is C46H32F6N4O4. The van der Waals surface area contributed by atoms with Crippen LogP contribution in [0.1, 0.15) is 33.4 Å². The quantitative estimate of drug-likeness (QED) is 0.0964. The normalized spacial score (nSPS) is 15.2. The highest BCUT2D eigenvalue weighted by molar-refractivity contribution is 6.56. The Morgan fingerprint density at radius 2 is 0.583 bits per heavy atom. The van der Waals surface area contributed by atoms with Crippen LogP contribution in [0.5, 0.6) is 23.0 Å². The van der Waals surface area contributed by atoms with Gasteiger partial charge in [0.1, 0.15) is 34.6 Å². The van der Waals surface area contributed by atoms with Gasteiger partial charge in [0.05, 0.1) is 51.3 Å². The first-order chi connectivity index (χ1) is 28.9. The largest absolute Gasteiger partial charge is 0.497 e. The molecule has 0 N–H and O–H groups in total. The van der Waals surface area contributed by atoms with Crippen molar-refractivity contribution in [2.24, 2.45) is 20.0 Å². The SMILES string of the molecule is COc1cccc(C2=NC(c3cc(F)c(F)cc3F)(C3(c4cc(F)c(F)cc4F)N=C(c4cccc(OC)c4)C(c4cccc(OC)c4)=N3)N=C2c2cccc(OC)c2)c1. The maximum atomic E-state index is 16.9. The lowest BCUT2D eigenvalue weighted by Gasteiger charge is -2.38. The number of halogens is 6. The van der Waals surface area contributed by atoms with E-state index in [2.05, 4.69) is 0 Å². The molecule has 0 bridgehead atoms. The van der Waals surface area contributed by atoms with E-state index in [-0.39, 0.29) is 35.0 Å². The molecule has 0 radical (unpaired) electrons. The van der Waals surface area contributed by atoms with Crippen molar-refractivity contribution in [1.29, 1.82) is 0 Å². The highest BCUT2D eigenvalue weighted by atomic mass is 19.2. The minimum Gasteiger partial charge on any atom is -0.497 e. The van der Waals surface area contributed by atoms with E-state index < -0.39 is 57.4 Å². The zero-order valence-corrected chi connectivity index (χ0v) is 32.2. The third-order valence-electron chi connectivity index (χ3n) is 10.2. The number of nitrogens with zero attached hydrogens (tertiary/aromatic N) is 4. The van der Waals surface area contributed by atoms with Gasteiger partial charge in [0.15, 0.2) is 23.3 Å². The number of hydrogen-bond donors (Lipinski definition) is 0. The Morgan fingerprint density at radius 3 is 0.833 bits per heavy atom. The molecule has 2 aliphatic rings. The van der Waals surface area contributed by atoms with E-state index in [1.165, 1.54) is 28.4 Å². The van der Waals surface area contributed by atoms with Crippen molar-refractivity contribution in [2.75, 3.05) is 28.4 Å². The van der Waals surface area contributed by atoms with Crippen molar-refractivity contribution in [3.63, 3.8) is 0 Å². The van der Waals surface area contributed by atoms with Crippen LogP contribution < -0.4 is 18.9 Å². The summed E-state index contributed by atoms with van der Waals surface area (Å²) >= 11 is 0. The van der Waals surface area contributed by atoms with Crippen LogP contribution >= 0.6 is 0 Å². The van der Waals surface area contributed by atoms with Crippen molar-refractivity contribution < 1.29 is 45.3 Å². The highest BCUT2D eigenvalue weighted by Gasteiger charge is 2.63. The molecule has 8 nitrogen and oxygen atoms in total. The van der Waals surface area contributed by atoms with Gasteiger partial charge in [-0.15, -0.1) is 0 Å². The Balaban J connectivity index is 1.61. The van der Waals surface area contributed by atoms with Gasteiger partial charge < -0.3 is 18.9 Å². The summed E-state index contributed by atoms with van der Waals surface area (Å²) in [6.07, 6.45) is 0. The van der Waals surface area contributed by atoms with E-state index >= 15 is 17.6 Å². The van der Waals surface area contributed by atoms with E-state index in [9.17, 15) is 8.78 Å². The molecule has 0 aromatic heterocycles. The number of methoxy groups -OCH3 is 4. The Morgan fingerprint density at radius 1 is 0.333 bits per heavy atom. The molecule has 0 unspecified atom stereocenters. The first-order valence-corrected chi connectivity index (χ1v) is 18.2. The topological polar surface area (TPSA) is 86.4 Å². The second-order valence-corrected chi connectivity index (χ2v) is 13.6. The predicted octanol–water partition coefficient (Wildman–Crippen LogP) is 9.55. The van der Waals surface area contributed by atoms with Gasteiger partial charge >= 0.3 is 0 Å². The fraction of sp³-hybridized carbons (Fsp3) is 0.130. The molecule has 0 amide bonds. The van der Waals surface area contributed by atoms with Gasteiger partial charge in [0.25, 0.3) is 0 Å². The van der Waals surface area contributed by atoms with Crippen molar-refractivity contribution in [3.05, 3.63) is 190 Å². The lowest BCUT2D eigenvalue weighted by atomic mass is 9.81. The zero-order valence-electron chi connectivity index (χ0n) is 32.2. The van der Waals surface area contributed by atoms with Gasteiger partial charge in [-0.1, -0.05) is 48.5 Å². The first kappa shape index (κ1) is 39.6. The maximum Gasteiger partial charge on any atom is 0.229 e. The fourth-order valence-corrected chi connectivity index (χ4v) is 7.30. The summed E-state index contributed by atoms with van der Waals surface area (Å²) in [5.74, 6) is -7.45. The number of aliphatic imine (C=N–C) groups is 4. The zero-order chi connectivity index (χ0) is 42.3. The lowest BCUT2D eigenvalue weighted by Crippen LogP contribution is -2.44. The first-order valence-electron chi connectivity index (χ1n) is 18.2. The number of hydrogen-bond acceptors (Lipinski definition) is 8.